The molecule has 0 fully saturated rings. The average Bonchev–Trinajstić information content (AvgIpc) is 2.56. The normalized spacial score (nSPS) is 11.2. The quantitative estimate of drug-likeness (QED) is 0.522. The third-order valence-corrected chi connectivity index (χ3v) is 4.26. The van der Waals surface area contributed by atoms with Gasteiger partial charge in [0.2, 0.25) is 0 Å². The van der Waals surface area contributed by atoms with Gasteiger partial charge in [-0.2, -0.15) is 0 Å². The van der Waals surface area contributed by atoms with E-state index in [1.807, 2.05) is 37.9 Å². The first-order valence-electron chi connectivity index (χ1n) is 7.91. The van der Waals surface area contributed by atoms with Gasteiger partial charge in [0.1, 0.15) is 0 Å². The van der Waals surface area contributed by atoms with Gasteiger partial charge in [-0.3, -0.25) is 0 Å². The molecular formula is C19H21ClF2N2O. The van der Waals surface area contributed by atoms with E-state index in [-0.39, 0.29) is 5.75 Å². The molecule has 3 nitrogen and oxygen atoms in total. The SMILES string of the molecule is CCN(C)/C=N\c1cc(C)cc(Cc2cc(F)c(OC)c(F)c2)c1Cl. The molecule has 0 spiro atoms. The number of methoxy groups -OCH3 is 1. The lowest BCUT2D eigenvalue weighted by Gasteiger charge is -2.12. The highest BCUT2D eigenvalue weighted by atomic mass is 35.5. The molecule has 0 aliphatic rings. The van der Waals surface area contributed by atoms with Crippen LogP contribution in [-0.2, 0) is 6.42 Å². The molecule has 0 unspecified atom stereocenters. The largest absolute Gasteiger partial charge is 0.491 e. The molecular weight excluding hydrogens is 346 g/mol. The first-order chi connectivity index (χ1) is 11.8. The minimum atomic E-state index is -0.732. The van der Waals surface area contributed by atoms with Gasteiger partial charge in [-0.15, -0.1) is 0 Å². The van der Waals surface area contributed by atoms with Crippen molar-refractivity contribution in [3.05, 3.63) is 57.6 Å². The van der Waals surface area contributed by atoms with Gasteiger partial charge in [-0.1, -0.05) is 17.7 Å². The summed E-state index contributed by atoms with van der Waals surface area (Å²) in [7, 11) is 3.15. The number of hydrogen-bond acceptors (Lipinski definition) is 2. The Kier molecular flexibility index (Phi) is 6.37. The molecule has 6 heteroatoms. The van der Waals surface area contributed by atoms with Crippen LogP contribution < -0.4 is 4.74 Å². The van der Waals surface area contributed by atoms with Crippen LogP contribution in [-0.4, -0.2) is 31.9 Å². The van der Waals surface area contributed by atoms with E-state index >= 15 is 0 Å². The minimum Gasteiger partial charge on any atom is -0.491 e. The summed E-state index contributed by atoms with van der Waals surface area (Å²) < 4.78 is 32.5. The van der Waals surface area contributed by atoms with Gasteiger partial charge in [0.05, 0.1) is 24.2 Å². The maximum atomic E-state index is 13.9. The van der Waals surface area contributed by atoms with Crippen molar-refractivity contribution in [2.24, 2.45) is 4.99 Å². The Morgan fingerprint density at radius 3 is 2.40 bits per heavy atom. The van der Waals surface area contributed by atoms with Gasteiger partial charge < -0.3 is 9.64 Å². The number of halogens is 3. The van der Waals surface area contributed by atoms with Crippen molar-refractivity contribution in [3.8, 4) is 5.75 Å². The van der Waals surface area contributed by atoms with E-state index in [1.54, 1.807) is 6.34 Å². The molecule has 134 valence electrons. The molecule has 0 heterocycles. The van der Waals surface area contributed by atoms with Gasteiger partial charge in [0.15, 0.2) is 17.4 Å². The van der Waals surface area contributed by atoms with Crippen LogP contribution in [0.3, 0.4) is 0 Å². The predicted octanol–water partition coefficient (Wildman–Crippen LogP) is 5.14. The van der Waals surface area contributed by atoms with E-state index in [2.05, 4.69) is 4.99 Å². The highest BCUT2D eigenvalue weighted by molar-refractivity contribution is 6.33. The van der Waals surface area contributed by atoms with Gasteiger partial charge in [0.25, 0.3) is 0 Å². The topological polar surface area (TPSA) is 24.8 Å². The highest BCUT2D eigenvalue weighted by Gasteiger charge is 2.14. The maximum absolute atomic E-state index is 13.9. The van der Waals surface area contributed by atoms with Gasteiger partial charge in [0, 0.05) is 13.6 Å². The molecule has 2 rings (SSSR count). The standard InChI is InChI=1S/C19H21ClF2N2O/c1-5-24(3)11-23-17-7-12(2)6-14(18(17)20)8-13-9-15(21)19(25-4)16(22)10-13/h6-7,9-11H,5,8H2,1-4H3/b23-11-. The molecule has 0 bridgehead atoms. The van der Waals surface area contributed by atoms with Crippen molar-refractivity contribution < 1.29 is 13.5 Å². The smallest absolute Gasteiger partial charge is 0.190 e. The van der Waals surface area contributed by atoms with E-state index in [1.165, 1.54) is 19.2 Å². The molecule has 0 saturated heterocycles. The molecule has 2 aromatic carbocycles. The lowest BCUT2D eigenvalue weighted by atomic mass is 10.0. The number of aliphatic imine (C=N–C) groups is 1. The summed E-state index contributed by atoms with van der Waals surface area (Å²) in [5.41, 5.74) is 2.84. The third kappa shape index (κ3) is 4.69. The van der Waals surface area contributed by atoms with E-state index in [4.69, 9.17) is 16.3 Å². The fourth-order valence-electron chi connectivity index (χ4n) is 2.42. The first kappa shape index (κ1) is 19.2. The average molecular weight is 367 g/mol. The zero-order valence-corrected chi connectivity index (χ0v) is 15.5. The third-order valence-electron chi connectivity index (χ3n) is 3.82. The molecule has 0 aromatic heterocycles. The Morgan fingerprint density at radius 1 is 1.20 bits per heavy atom. The van der Waals surface area contributed by atoms with Crippen molar-refractivity contribution in [2.75, 3.05) is 20.7 Å². The Bertz CT molecular complexity index is 770. The summed E-state index contributed by atoms with van der Waals surface area (Å²) in [4.78, 5) is 6.33. The van der Waals surface area contributed by atoms with Crippen molar-refractivity contribution in [2.45, 2.75) is 20.3 Å². The summed E-state index contributed by atoms with van der Waals surface area (Å²) in [6.45, 7) is 4.77. The van der Waals surface area contributed by atoms with E-state index < -0.39 is 11.6 Å². The molecule has 0 radical (unpaired) electrons. The predicted molar refractivity (Wildman–Crippen MR) is 98.4 cm³/mol. The number of rotatable bonds is 6. The van der Waals surface area contributed by atoms with Crippen LogP contribution in [0.1, 0.15) is 23.6 Å². The monoisotopic (exact) mass is 366 g/mol. The molecule has 25 heavy (non-hydrogen) atoms. The summed E-state index contributed by atoms with van der Waals surface area (Å²) >= 11 is 6.45. The lowest BCUT2D eigenvalue weighted by Crippen LogP contribution is -2.14. The first-order valence-corrected chi connectivity index (χ1v) is 8.28. The van der Waals surface area contributed by atoms with Crippen LogP contribution >= 0.6 is 11.6 Å². The molecule has 0 saturated carbocycles. The zero-order valence-electron chi connectivity index (χ0n) is 14.7. The van der Waals surface area contributed by atoms with E-state index in [0.717, 1.165) is 17.7 Å². The molecule has 0 aliphatic carbocycles. The van der Waals surface area contributed by atoms with Gasteiger partial charge in [-0.05, 0) is 55.2 Å². The fourth-order valence-corrected chi connectivity index (χ4v) is 2.64. The Hall–Kier alpha value is -2.14. The second kappa shape index (κ2) is 8.30. The molecule has 0 amide bonds. The summed E-state index contributed by atoms with van der Waals surface area (Å²) in [6.07, 6.45) is 2.00. The molecule has 0 aliphatic heterocycles. The van der Waals surface area contributed by atoms with Crippen molar-refractivity contribution >= 4 is 23.6 Å². The number of benzene rings is 2. The van der Waals surface area contributed by atoms with Crippen LogP contribution in [0.5, 0.6) is 5.75 Å². The van der Waals surface area contributed by atoms with Crippen LogP contribution in [0.4, 0.5) is 14.5 Å². The van der Waals surface area contributed by atoms with Crippen molar-refractivity contribution in [1.82, 2.24) is 4.90 Å². The summed E-state index contributed by atoms with van der Waals surface area (Å²) in [6, 6.07) is 6.29. The number of aryl methyl sites for hydroxylation is 1. The number of hydrogen-bond donors (Lipinski definition) is 0. The zero-order chi connectivity index (χ0) is 18.6. The Morgan fingerprint density at radius 2 is 1.84 bits per heavy atom. The van der Waals surface area contributed by atoms with Gasteiger partial charge in [-0.25, -0.2) is 13.8 Å². The van der Waals surface area contributed by atoms with E-state index in [9.17, 15) is 8.78 Å². The second-order valence-corrected chi connectivity index (χ2v) is 6.22. The number of nitrogens with zero attached hydrogens (tertiary/aromatic N) is 2. The van der Waals surface area contributed by atoms with Crippen LogP contribution in [0, 0.1) is 18.6 Å². The summed E-state index contributed by atoms with van der Waals surface area (Å²) in [5, 5.41) is 0.475. The molecule has 0 N–H and O–H groups in total. The highest BCUT2D eigenvalue weighted by Crippen LogP contribution is 2.32. The lowest BCUT2D eigenvalue weighted by molar-refractivity contribution is 0.359. The fraction of sp³-hybridized carbons (Fsp3) is 0.316. The summed E-state index contributed by atoms with van der Waals surface area (Å²) in [5.74, 6) is -1.85. The van der Waals surface area contributed by atoms with Crippen molar-refractivity contribution in [1.29, 1.82) is 0 Å². The second-order valence-electron chi connectivity index (χ2n) is 5.84. The van der Waals surface area contributed by atoms with Crippen LogP contribution in [0.15, 0.2) is 29.3 Å². The van der Waals surface area contributed by atoms with Gasteiger partial charge >= 0.3 is 0 Å². The molecule has 0 atom stereocenters. The van der Waals surface area contributed by atoms with Crippen LogP contribution in [0.25, 0.3) is 0 Å². The van der Waals surface area contributed by atoms with Crippen LogP contribution in [0.2, 0.25) is 5.02 Å². The minimum absolute atomic E-state index is 0.296. The number of ether oxygens (including phenoxy) is 1. The van der Waals surface area contributed by atoms with Crippen molar-refractivity contribution in [3.63, 3.8) is 0 Å². The maximum Gasteiger partial charge on any atom is 0.190 e. The molecule has 2 aromatic rings. The Labute approximate surface area is 151 Å². The van der Waals surface area contributed by atoms with E-state index in [0.29, 0.717) is 22.7 Å². The Balaban J connectivity index is 2.37.